The summed E-state index contributed by atoms with van der Waals surface area (Å²) in [7, 11) is 0. The van der Waals surface area contributed by atoms with Gasteiger partial charge in [0.05, 0.1) is 0 Å². The fourth-order valence-corrected chi connectivity index (χ4v) is 3.66. The molecule has 2 heterocycles. The standard InChI is InChI=1S/C13H20N2O3/c16-11(15-7-1-2-10(15)12(17)18)9-8-13(9)3-5-14-6-4-13/h9-10,14H,1-8H2,(H,17,18)/t9?,10-/m1/s1. The number of carbonyl (C=O) groups is 2. The fraction of sp³-hybridized carbons (Fsp3) is 0.846. The largest absolute Gasteiger partial charge is 0.480 e. The zero-order chi connectivity index (χ0) is 12.8. The van der Waals surface area contributed by atoms with Gasteiger partial charge in [-0.1, -0.05) is 0 Å². The first-order valence-corrected chi connectivity index (χ1v) is 6.88. The number of amides is 1. The van der Waals surface area contributed by atoms with Crippen molar-refractivity contribution >= 4 is 11.9 Å². The van der Waals surface area contributed by atoms with Gasteiger partial charge in [0.1, 0.15) is 6.04 Å². The van der Waals surface area contributed by atoms with Crippen LogP contribution in [0.5, 0.6) is 0 Å². The molecular formula is C13H20N2O3. The van der Waals surface area contributed by atoms with Crippen LogP contribution in [-0.2, 0) is 9.59 Å². The minimum atomic E-state index is -0.846. The quantitative estimate of drug-likeness (QED) is 0.748. The monoisotopic (exact) mass is 252 g/mol. The highest BCUT2D eigenvalue weighted by Gasteiger charge is 2.59. The molecule has 1 unspecified atom stereocenters. The molecule has 0 bridgehead atoms. The number of aliphatic carboxylic acids is 1. The number of hydrogen-bond acceptors (Lipinski definition) is 3. The van der Waals surface area contributed by atoms with Gasteiger partial charge in [-0.2, -0.15) is 0 Å². The highest BCUT2D eigenvalue weighted by Crippen LogP contribution is 2.59. The van der Waals surface area contributed by atoms with Crippen LogP contribution < -0.4 is 5.32 Å². The lowest BCUT2D eigenvalue weighted by molar-refractivity contribution is -0.149. The fourth-order valence-electron chi connectivity index (χ4n) is 3.66. The molecule has 1 aliphatic carbocycles. The molecular weight excluding hydrogens is 232 g/mol. The Balaban J connectivity index is 1.67. The molecule has 3 aliphatic rings. The molecule has 18 heavy (non-hydrogen) atoms. The van der Waals surface area contributed by atoms with Crippen molar-refractivity contribution in [2.75, 3.05) is 19.6 Å². The van der Waals surface area contributed by atoms with Crippen molar-refractivity contribution in [1.29, 1.82) is 0 Å². The average Bonchev–Trinajstić information content (AvgIpc) is 2.86. The molecule has 3 rings (SSSR count). The third-order valence-corrected chi connectivity index (χ3v) is 4.91. The summed E-state index contributed by atoms with van der Waals surface area (Å²) in [5.74, 6) is -0.651. The molecule has 5 nitrogen and oxygen atoms in total. The minimum Gasteiger partial charge on any atom is -0.480 e. The predicted octanol–water partition coefficient (Wildman–Crippen LogP) is 0.452. The van der Waals surface area contributed by atoms with Crippen LogP contribution in [0.1, 0.15) is 32.1 Å². The molecule has 0 aromatic rings. The lowest BCUT2D eigenvalue weighted by Gasteiger charge is -2.26. The maximum Gasteiger partial charge on any atom is 0.326 e. The molecule has 1 saturated carbocycles. The predicted molar refractivity (Wildman–Crippen MR) is 65.0 cm³/mol. The highest BCUT2D eigenvalue weighted by atomic mass is 16.4. The molecule has 2 saturated heterocycles. The zero-order valence-electron chi connectivity index (χ0n) is 10.5. The lowest BCUT2D eigenvalue weighted by atomic mass is 9.91. The van der Waals surface area contributed by atoms with Crippen molar-refractivity contribution in [2.45, 2.75) is 38.1 Å². The first kappa shape index (κ1) is 12.0. The van der Waals surface area contributed by atoms with Gasteiger partial charge < -0.3 is 15.3 Å². The molecule has 1 spiro atoms. The van der Waals surface area contributed by atoms with E-state index in [4.69, 9.17) is 5.11 Å². The number of piperidine rings is 1. The summed E-state index contributed by atoms with van der Waals surface area (Å²) in [6.45, 7) is 2.61. The van der Waals surface area contributed by atoms with Crippen molar-refractivity contribution < 1.29 is 14.7 Å². The van der Waals surface area contributed by atoms with Crippen LogP contribution in [0.2, 0.25) is 0 Å². The van der Waals surface area contributed by atoms with Crippen LogP contribution in [-0.4, -0.2) is 47.6 Å². The van der Waals surface area contributed by atoms with Crippen molar-refractivity contribution in [2.24, 2.45) is 11.3 Å². The van der Waals surface area contributed by atoms with Gasteiger partial charge in [0, 0.05) is 12.5 Å². The van der Waals surface area contributed by atoms with E-state index in [0.29, 0.717) is 13.0 Å². The zero-order valence-corrected chi connectivity index (χ0v) is 10.5. The summed E-state index contributed by atoms with van der Waals surface area (Å²) in [6, 6.07) is -0.572. The summed E-state index contributed by atoms with van der Waals surface area (Å²) in [4.78, 5) is 25.2. The summed E-state index contributed by atoms with van der Waals surface area (Å²) in [5, 5.41) is 12.5. The van der Waals surface area contributed by atoms with Gasteiger partial charge in [0.25, 0.3) is 0 Å². The topological polar surface area (TPSA) is 69.6 Å². The first-order valence-electron chi connectivity index (χ1n) is 6.88. The normalized spacial score (nSPS) is 33.7. The van der Waals surface area contributed by atoms with Gasteiger partial charge in [-0.25, -0.2) is 4.79 Å². The molecule has 0 aromatic carbocycles. The summed E-state index contributed by atoms with van der Waals surface area (Å²) < 4.78 is 0. The Morgan fingerprint density at radius 3 is 2.67 bits per heavy atom. The van der Waals surface area contributed by atoms with Gasteiger partial charge in [-0.15, -0.1) is 0 Å². The van der Waals surface area contributed by atoms with E-state index in [0.717, 1.165) is 38.8 Å². The van der Waals surface area contributed by atoms with E-state index < -0.39 is 12.0 Å². The molecule has 100 valence electrons. The second-order valence-corrected chi connectivity index (χ2v) is 5.90. The van der Waals surface area contributed by atoms with E-state index in [2.05, 4.69) is 5.32 Å². The second kappa shape index (κ2) is 4.23. The van der Waals surface area contributed by atoms with Gasteiger partial charge >= 0.3 is 5.97 Å². The molecule has 2 N–H and O–H groups in total. The summed E-state index contributed by atoms with van der Waals surface area (Å²) in [5.41, 5.74) is 0.202. The van der Waals surface area contributed by atoms with Crippen molar-refractivity contribution in [3.8, 4) is 0 Å². The van der Waals surface area contributed by atoms with Gasteiger partial charge in [0.2, 0.25) is 5.91 Å². The summed E-state index contributed by atoms with van der Waals surface area (Å²) in [6.07, 6.45) is 4.53. The average molecular weight is 252 g/mol. The molecule has 0 radical (unpaired) electrons. The number of likely N-dealkylation sites (tertiary alicyclic amines) is 1. The number of nitrogens with one attached hydrogen (secondary N) is 1. The Kier molecular flexibility index (Phi) is 2.81. The number of carbonyl (C=O) groups excluding carboxylic acids is 1. The van der Waals surface area contributed by atoms with E-state index >= 15 is 0 Å². The molecule has 2 atom stereocenters. The second-order valence-electron chi connectivity index (χ2n) is 5.90. The van der Waals surface area contributed by atoms with E-state index in [1.54, 1.807) is 4.90 Å². The van der Waals surface area contributed by atoms with E-state index in [1.165, 1.54) is 0 Å². The molecule has 5 heteroatoms. The number of hydrogen-bond donors (Lipinski definition) is 2. The van der Waals surface area contributed by atoms with Crippen LogP contribution in [0, 0.1) is 11.3 Å². The van der Waals surface area contributed by atoms with Crippen molar-refractivity contribution in [3.05, 3.63) is 0 Å². The third-order valence-electron chi connectivity index (χ3n) is 4.91. The Morgan fingerprint density at radius 1 is 1.28 bits per heavy atom. The number of nitrogens with zero attached hydrogens (tertiary/aromatic N) is 1. The third kappa shape index (κ3) is 1.81. The van der Waals surface area contributed by atoms with Crippen LogP contribution in [0.15, 0.2) is 0 Å². The Bertz CT molecular complexity index is 376. The molecule has 0 aromatic heterocycles. The SMILES string of the molecule is O=C(O)[C@H]1CCCN1C(=O)C1CC12CCNCC2. The number of carboxylic acid groups (broad SMARTS) is 1. The summed E-state index contributed by atoms with van der Waals surface area (Å²) >= 11 is 0. The van der Waals surface area contributed by atoms with Crippen molar-refractivity contribution in [3.63, 3.8) is 0 Å². The van der Waals surface area contributed by atoms with Gasteiger partial charge in [-0.05, 0) is 50.6 Å². The smallest absolute Gasteiger partial charge is 0.326 e. The van der Waals surface area contributed by atoms with Crippen LogP contribution >= 0.6 is 0 Å². The number of rotatable bonds is 2. The lowest BCUT2D eigenvalue weighted by Crippen LogP contribution is -2.42. The highest BCUT2D eigenvalue weighted by molar-refractivity contribution is 5.88. The molecule has 1 amide bonds. The first-order chi connectivity index (χ1) is 8.64. The Morgan fingerprint density at radius 2 is 2.00 bits per heavy atom. The van der Waals surface area contributed by atoms with Crippen molar-refractivity contribution in [1.82, 2.24) is 10.2 Å². The van der Waals surface area contributed by atoms with Crippen LogP contribution in [0.3, 0.4) is 0 Å². The maximum absolute atomic E-state index is 12.4. The molecule has 3 fully saturated rings. The van der Waals surface area contributed by atoms with Gasteiger partial charge in [0.15, 0.2) is 0 Å². The van der Waals surface area contributed by atoms with E-state index in [-0.39, 0.29) is 17.2 Å². The maximum atomic E-state index is 12.4. The Hall–Kier alpha value is -1.10. The number of carboxylic acids is 1. The van der Waals surface area contributed by atoms with E-state index in [9.17, 15) is 9.59 Å². The minimum absolute atomic E-state index is 0.0968. The Labute approximate surface area is 107 Å². The van der Waals surface area contributed by atoms with Crippen LogP contribution in [0.4, 0.5) is 0 Å². The molecule has 2 aliphatic heterocycles. The van der Waals surface area contributed by atoms with Crippen LogP contribution in [0.25, 0.3) is 0 Å². The van der Waals surface area contributed by atoms with E-state index in [1.807, 2.05) is 0 Å². The van der Waals surface area contributed by atoms with Gasteiger partial charge in [-0.3, -0.25) is 4.79 Å².